The van der Waals surface area contributed by atoms with E-state index in [-0.39, 0.29) is 11.7 Å². The van der Waals surface area contributed by atoms with Crippen LogP contribution in [-0.4, -0.2) is 27.6 Å². The van der Waals surface area contributed by atoms with E-state index in [1.807, 2.05) is 25.1 Å². The van der Waals surface area contributed by atoms with Crippen LogP contribution < -0.4 is 4.90 Å². The summed E-state index contributed by atoms with van der Waals surface area (Å²) in [5.74, 6) is 1.32. The van der Waals surface area contributed by atoms with Crippen molar-refractivity contribution in [2.24, 2.45) is 5.92 Å². The number of fused-ring (bicyclic) bond motifs is 1. The van der Waals surface area contributed by atoms with Crippen LogP contribution in [0.2, 0.25) is 0 Å². The molecule has 1 unspecified atom stereocenters. The van der Waals surface area contributed by atoms with Gasteiger partial charge in [-0.2, -0.15) is 0 Å². The lowest BCUT2D eigenvalue weighted by atomic mass is 9.94. The lowest BCUT2D eigenvalue weighted by Gasteiger charge is -2.32. The number of para-hydroxylation sites is 1. The Bertz CT molecular complexity index is 634. The summed E-state index contributed by atoms with van der Waals surface area (Å²) in [6.45, 7) is 4.85. The molecule has 1 atom stereocenters. The first kappa shape index (κ1) is 12.8. The van der Waals surface area contributed by atoms with Crippen LogP contribution in [0.1, 0.15) is 35.9 Å². The molecule has 0 saturated carbocycles. The maximum absolute atomic E-state index is 12.6. The van der Waals surface area contributed by atoms with E-state index in [1.54, 1.807) is 4.90 Å². The summed E-state index contributed by atoms with van der Waals surface area (Å²) in [6.07, 6.45) is 1.75. The molecule has 0 aliphatic carbocycles. The normalized spacial score (nSPS) is 17.9. The van der Waals surface area contributed by atoms with E-state index in [4.69, 9.17) is 0 Å². The van der Waals surface area contributed by atoms with Crippen molar-refractivity contribution < 1.29 is 4.79 Å². The first-order chi connectivity index (χ1) is 9.69. The van der Waals surface area contributed by atoms with E-state index < -0.39 is 0 Å². The predicted molar refractivity (Wildman–Crippen MR) is 76.7 cm³/mol. The number of hydrogen-bond donors (Lipinski definition) is 1. The number of nitrogens with zero attached hydrogens (tertiary/aromatic N) is 3. The van der Waals surface area contributed by atoms with Crippen LogP contribution in [0, 0.1) is 5.92 Å². The Labute approximate surface area is 118 Å². The van der Waals surface area contributed by atoms with Crippen LogP contribution >= 0.6 is 0 Å². The molecule has 2 heterocycles. The van der Waals surface area contributed by atoms with Gasteiger partial charge in [-0.1, -0.05) is 32.0 Å². The summed E-state index contributed by atoms with van der Waals surface area (Å²) in [6, 6.07) is 8.05. The van der Waals surface area contributed by atoms with Crippen molar-refractivity contribution in [1.29, 1.82) is 0 Å². The highest BCUT2D eigenvalue weighted by molar-refractivity contribution is 6.04. The molecule has 0 bridgehead atoms. The van der Waals surface area contributed by atoms with Gasteiger partial charge in [-0.15, -0.1) is 5.10 Å². The quantitative estimate of drug-likeness (QED) is 0.910. The van der Waals surface area contributed by atoms with Gasteiger partial charge in [0.1, 0.15) is 5.82 Å². The number of anilines is 1. The molecular weight excluding hydrogens is 252 g/mol. The van der Waals surface area contributed by atoms with Crippen LogP contribution in [0.15, 0.2) is 24.3 Å². The molecule has 1 aromatic heterocycles. The number of aromatic amines is 1. The Morgan fingerprint density at radius 3 is 3.00 bits per heavy atom. The number of amides is 1. The molecule has 3 rings (SSSR count). The smallest absolute Gasteiger partial charge is 0.297 e. The van der Waals surface area contributed by atoms with Gasteiger partial charge in [0.05, 0.1) is 0 Å². The highest BCUT2D eigenvalue weighted by Crippen LogP contribution is 2.30. The summed E-state index contributed by atoms with van der Waals surface area (Å²) >= 11 is 0. The number of benzene rings is 1. The molecule has 1 aliphatic rings. The Kier molecular flexibility index (Phi) is 3.26. The van der Waals surface area contributed by atoms with E-state index in [0.29, 0.717) is 12.5 Å². The summed E-state index contributed by atoms with van der Waals surface area (Å²) in [7, 11) is 0. The average molecular weight is 270 g/mol. The van der Waals surface area contributed by atoms with E-state index >= 15 is 0 Å². The van der Waals surface area contributed by atoms with E-state index in [0.717, 1.165) is 24.4 Å². The van der Waals surface area contributed by atoms with Crippen LogP contribution in [-0.2, 0) is 12.8 Å². The molecule has 104 valence electrons. The van der Waals surface area contributed by atoms with Crippen LogP contribution in [0.4, 0.5) is 5.69 Å². The highest BCUT2D eigenvalue weighted by Gasteiger charge is 2.28. The minimum Gasteiger partial charge on any atom is -0.305 e. The Balaban J connectivity index is 1.95. The molecule has 0 saturated heterocycles. The molecule has 1 aromatic carbocycles. The lowest BCUT2D eigenvalue weighted by molar-refractivity contribution is 0.0971. The molecule has 5 nitrogen and oxygen atoms in total. The van der Waals surface area contributed by atoms with Gasteiger partial charge in [0.25, 0.3) is 5.91 Å². The van der Waals surface area contributed by atoms with Crippen molar-refractivity contribution in [2.45, 2.75) is 26.7 Å². The van der Waals surface area contributed by atoms with Crippen molar-refractivity contribution >= 4 is 11.6 Å². The molecular formula is C15H18N4O. The molecule has 0 radical (unpaired) electrons. The zero-order chi connectivity index (χ0) is 14.1. The van der Waals surface area contributed by atoms with Gasteiger partial charge in [-0.25, -0.2) is 4.98 Å². The lowest BCUT2D eigenvalue weighted by Crippen LogP contribution is -2.39. The fourth-order valence-corrected chi connectivity index (χ4v) is 2.66. The van der Waals surface area contributed by atoms with Crippen LogP contribution in [0.3, 0.4) is 0 Å². The van der Waals surface area contributed by atoms with Crippen LogP contribution in [0.25, 0.3) is 0 Å². The first-order valence-corrected chi connectivity index (χ1v) is 7.00. The number of carbonyl (C=O) groups excluding carboxylic acids is 1. The van der Waals surface area contributed by atoms with Crippen molar-refractivity contribution in [2.75, 3.05) is 11.4 Å². The fraction of sp³-hybridized carbons (Fsp3) is 0.400. The topological polar surface area (TPSA) is 61.9 Å². The van der Waals surface area contributed by atoms with Crippen molar-refractivity contribution in [3.63, 3.8) is 0 Å². The number of rotatable bonds is 2. The number of nitrogens with one attached hydrogen (secondary N) is 1. The van der Waals surface area contributed by atoms with Gasteiger partial charge < -0.3 is 4.90 Å². The zero-order valence-corrected chi connectivity index (χ0v) is 11.8. The van der Waals surface area contributed by atoms with Crippen molar-refractivity contribution in [3.05, 3.63) is 41.5 Å². The average Bonchev–Trinajstić information content (AvgIpc) is 2.94. The predicted octanol–water partition coefficient (Wildman–Crippen LogP) is 2.21. The minimum atomic E-state index is -0.125. The van der Waals surface area contributed by atoms with Gasteiger partial charge in [-0.3, -0.25) is 9.89 Å². The van der Waals surface area contributed by atoms with Gasteiger partial charge in [0, 0.05) is 18.7 Å². The zero-order valence-electron chi connectivity index (χ0n) is 11.8. The molecule has 2 aromatic rings. The second kappa shape index (κ2) is 5.07. The number of aryl methyl sites for hydroxylation is 1. The summed E-state index contributed by atoms with van der Waals surface area (Å²) in [5, 5.41) is 6.83. The van der Waals surface area contributed by atoms with Gasteiger partial charge in [0.15, 0.2) is 0 Å². The monoisotopic (exact) mass is 270 g/mol. The molecule has 20 heavy (non-hydrogen) atoms. The Morgan fingerprint density at radius 2 is 2.25 bits per heavy atom. The number of H-pyrrole nitrogens is 1. The molecule has 1 amide bonds. The van der Waals surface area contributed by atoms with E-state index in [9.17, 15) is 4.79 Å². The largest absolute Gasteiger partial charge is 0.305 e. The third-order valence-corrected chi connectivity index (χ3v) is 3.65. The standard InChI is InChI=1S/C15H18N4O/c1-3-13-16-14(18-17-13)15(20)19-9-10(2)8-11-6-4-5-7-12(11)19/h4-7,10H,3,8-9H2,1-2H3,(H,16,17,18). The van der Waals surface area contributed by atoms with E-state index in [2.05, 4.69) is 28.2 Å². The SMILES string of the molecule is CCc1nc(C(=O)N2CC(C)Cc3ccccc32)n[nH]1. The maximum atomic E-state index is 12.6. The molecule has 0 fully saturated rings. The Hall–Kier alpha value is -2.17. The maximum Gasteiger partial charge on any atom is 0.297 e. The van der Waals surface area contributed by atoms with Crippen molar-refractivity contribution in [3.8, 4) is 0 Å². The number of carbonyl (C=O) groups is 1. The van der Waals surface area contributed by atoms with Gasteiger partial charge in [-0.05, 0) is 24.0 Å². The van der Waals surface area contributed by atoms with Crippen LogP contribution in [0.5, 0.6) is 0 Å². The third kappa shape index (κ3) is 2.19. The fourth-order valence-electron chi connectivity index (χ4n) is 2.66. The second-order valence-electron chi connectivity index (χ2n) is 5.31. The summed E-state index contributed by atoms with van der Waals surface area (Å²) in [4.78, 5) is 18.7. The van der Waals surface area contributed by atoms with Crippen molar-refractivity contribution in [1.82, 2.24) is 15.2 Å². The summed E-state index contributed by atoms with van der Waals surface area (Å²) in [5.41, 5.74) is 2.20. The second-order valence-corrected chi connectivity index (χ2v) is 5.31. The Morgan fingerprint density at radius 1 is 1.45 bits per heavy atom. The minimum absolute atomic E-state index is 0.125. The van der Waals surface area contributed by atoms with Gasteiger partial charge >= 0.3 is 0 Å². The molecule has 1 aliphatic heterocycles. The highest BCUT2D eigenvalue weighted by atomic mass is 16.2. The third-order valence-electron chi connectivity index (χ3n) is 3.65. The molecule has 5 heteroatoms. The summed E-state index contributed by atoms with van der Waals surface area (Å²) < 4.78 is 0. The van der Waals surface area contributed by atoms with E-state index in [1.165, 1.54) is 5.56 Å². The first-order valence-electron chi connectivity index (χ1n) is 7.00. The van der Waals surface area contributed by atoms with Gasteiger partial charge in [0.2, 0.25) is 5.82 Å². The molecule has 0 spiro atoms. The number of aromatic nitrogens is 3. The number of hydrogen-bond acceptors (Lipinski definition) is 3. The molecule has 1 N–H and O–H groups in total.